The summed E-state index contributed by atoms with van der Waals surface area (Å²) in [6, 6.07) is 9.15. The Hall–Kier alpha value is -3.23. The molecule has 2 aromatic carbocycles. The number of nitrogens with one attached hydrogen (secondary N) is 1. The maximum atomic E-state index is 13.2. The number of ether oxygens (including phenoxy) is 2. The van der Waals surface area contributed by atoms with Crippen LogP contribution in [0.5, 0.6) is 17.2 Å². The molecule has 3 aromatic rings. The largest absolute Gasteiger partial charge is 0.507 e. The van der Waals surface area contributed by atoms with Crippen LogP contribution in [-0.4, -0.2) is 58.6 Å². The third-order valence-corrected chi connectivity index (χ3v) is 5.58. The highest BCUT2D eigenvalue weighted by molar-refractivity contribution is 6.31. The Morgan fingerprint density at radius 2 is 1.94 bits per heavy atom. The molecule has 4 rings (SSSR count). The van der Waals surface area contributed by atoms with Crippen molar-refractivity contribution in [3.8, 4) is 28.5 Å². The van der Waals surface area contributed by atoms with E-state index >= 15 is 0 Å². The molecule has 0 spiro atoms. The van der Waals surface area contributed by atoms with Crippen molar-refractivity contribution in [2.45, 2.75) is 12.5 Å². The number of aromatic amines is 1. The van der Waals surface area contributed by atoms with Crippen LogP contribution >= 0.6 is 11.6 Å². The number of hydrogen-bond donors (Lipinski definition) is 3. The Labute approximate surface area is 184 Å². The van der Waals surface area contributed by atoms with Crippen molar-refractivity contribution in [3.05, 3.63) is 58.2 Å². The first-order valence-electron chi connectivity index (χ1n) is 9.70. The maximum absolute atomic E-state index is 13.2. The van der Waals surface area contributed by atoms with Gasteiger partial charge in [-0.3, -0.25) is 9.89 Å². The van der Waals surface area contributed by atoms with Crippen LogP contribution in [0, 0.1) is 0 Å². The molecule has 2 heterocycles. The van der Waals surface area contributed by atoms with E-state index in [2.05, 4.69) is 10.2 Å². The highest BCUT2D eigenvalue weighted by atomic mass is 35.5. The number of H-pyrrole nitrogens is 1. The number of fused-ring (bicyclic) bond motifs is 1. The Morgan fingerprint density at radius 3 is 2.68 bits per heavy atom. The molecule has 0 aliphatic carbocycles. The van der Waals surface area contributed by atoms with Crippen LogP contribution < -0.4 is 4.74 Å². The average Bonchev–Trinajstić information content (AvgIpc) is 3.30. The molecule has 0 bridgehead atoms. The van der Waals surface area contributed by atoms with Gasteiger partial charge >= 0.3 is 0 Å². The van der Waals surface area contributed by atoms with Crippen LogP contribution in [-0.2, 0) is 4.74 Å². The first kappa shape index (κ1) is 21.0. The zero-order valence-corrected chi connectivity index (χ0v) is 17.8. The third-order valence-electron chi connectivity index (χ3n) is 5.34. The van der Waals surface area contributed by atoms with Crippen LogP contribution in [0.3, 0.4) is 0 Å². The van der Waals surface area contributed by atoms with E-state index < -0.39 is 6.04 Å². The van der Waals surface area contributed by atoms with Gasteiger partial charge in [-0.1, -0.05) is 17.7 Å². The summed E-state index contributed by atoms with van der Waals surface area (Å²) in [7, 11) is 3.08. The summed E-state index contributed by atoms with van der Waals surface area (Å²) in [6.07, 6.45) is 0.642. The number of carbonyl (C=O) groups excluding carboxylic acids is 1. The number of phenols is 2. The molecule has 1 aliphatic rings. The fraction of sp³-hybridized carbons (Fsp3) is 0.273. The maximum Gasteiger partial charge on any atom is 0.273 e. The predicted molar refractivity (Wildman–Crippen MR) is 115 cm³/mol. The molecule has 162 valence electrons. The van der Waals surface area contributed by atoms with E-state index in [4.69, 9.17) is 21.1 Å². The number of methoxy groups -OCH3 is 2. The zero-order valence-electron chi connectivity index (χ0n) is 17.1. The second-order valence-electron chi connectivity index (χ2n) is 7.20. The summed E-state index contributed by atoms with van der Waals surface area (Å²) in [5.41, 5.74) is 2.59. The number of carbonyl (C=O) groups is 1. The fourth-order valence-electron chi connectivity index (χ4n) is 3.92. The number of benzene rings is 2. The van der Waals surface area contributed by atoms with Crippen molar-refractivity contribution < 1.29 is 24.5 Å². The molecular weight excluding hydrogens is 422 g/mol. The molecule has 1 aliphatic heterocycles. The summed E-state index contributed by atoms with van der Waals surface area (Å²) in [4.78, 5) is 15.0. The second kappa shape index (κ2) is 8.49. The molecule has 31 heavy (non-hydrogen) atoms. The molecule has 3 N–H and O–H groups in total. The average molecular weight is 444 g/mol. The lowest BCUT2D eigenvalue weighted by Gasteiger charge is -2.26. The van der Waals surface area contributed by atoms with E-state index in [-0.39, 0.29) is 17.4 Å². The molecule has 1 atom stereocenters. The van der Waals surface area contributed by atoms with E-state index in [1.807, 2.05) is 0 Å². The summed E-state index contributed by atoms with van der Waals surface area (Å²) in [6.45, 7) is 0.952. The number of aromatic hydroxyl groups is 2. The monoisotopic (exact) mass is 443 g/mol. The minimum Gasteiger partial charge on any atom is -0.507 e. The summed E-state index contributed by atoms with van der Waals surface area (Å²) >= 11 is 6.15. The Kier molecular flexibility index (Phi) is 5.75. The van der Waals surface area contributed by atoms with E-state index in [1.165, 1.54) is 19.2 Å². The Morgan fingerprint density at radius 1 is 1.16 bits per heavy atom. The van der Waals surface area contributed by atoms with Crippen LogP contribution in [0.2, 0.25) is 5.02 Å². The van der Waals surface area contributed by atoms with E-state index in [9.17, 15) is 15.0 Å². The third kappa shape index (κ3) is 3.68. The van der Waals surface area contributed by atoms with Crippen molar-refractivity contribution >= 4 is 17.5 Å². The van der Waals surface area contributed by atoms with Gasteiger partial charge in [0.05, 0.1) is 13.2 Å². The molecule has 0 saturated heterocycles. The van der Waals surface area contributed by atoms with Crippen LogP contribution in [0.1, 0.15) is 34.1 Å². The van der Waals surface area contributed by atoms with Crippen LogP contribution in [0.4, 0.5) is 0 Å². The minimum absolute atomic E-state index is 0.00151. The second-order valence-corrected chi connectivity index (χ2v) is 7.64. The lowest BCUT2D eigenvalue weighted by Crippen LogP contribution is -2.31. The highest BCUT2D eigenvalue weighted by Crippen LogP contribution is 2.46. The smallest absolute Gasteiger partial charge is 0.273 e. The molecule has 0 radical (unpaired) electrons. The van der Waals surface area contributed by atoms with Crippen LogP contribution in [0.25, 0.3) is 11.3 Å². The van der Waals surface area contributed by atoms with Gasteiger partial charge in [0.25, 0.3) is 5.91 Å². The van der Waals surface area contributed by atoms with Gasteiger partial charge in [0, 0.05) is 36.4 Å². The van der Waals surface area contributed by atoms with Gasteiger partial charge in [0.2, 0.25) is 0 Å². The van der Waals surface area contributed by atoms with Crippen molar-refractivity contribution in [3.63, 3.8) is 0 Å². The molecule has 0 fully saturated rings. The molecule has 1 aromatic heterocycles. The molecule has 1 amide bonds. The quantitative estimate of drug-likeness (QED) is 0.480. The van der Waals surface area contributed by atoms with E-state index in [0.717, 1.165) is 5.56 Å². The van der Waals surface area contributed by atoms with Crippen LogP contribution in [0.15, 0.2) is 36.4 Å². The number of aromatic nitrogens is 2. The number of rotatable bonds is 7. The topological polar surface area (TPSA) is 108 Å². The van der Waals surface area contributed by atoms with Gasteiger partial charge in [-0.15, -0.1) is 0 Å². The first-order valence-corrected chi connectivity index (χ1v) is 10.1. The standard InChI is InChI=1S/C22H22ClN3O5/c1-30-9-3-8-26-21(12-4-6-16(28)17(10-12)31-2)18-19(24-25-20(18)22(26)29)14-11-13(23)5-7-15(14)27/h4-7,10-11,21,27-28H,3,8-9H2,1-2H3,(H,24,25). The Balaban J connectivity index is 1.88. The zero-order chi connectivity index (χ0) is 22.1. The molecule has 9 heteroatoms. The van der Waals surface area contributed by atoms with Gasteiger partial charge in [0.1, 0.15) is 17.1 Å². The normalized spacial score (nSPS) is 15.4. The van der Waals surface area contributed by atoms with Gasteiger partial charge in [-0.05, 0) is 42.3 Å². The summed E-state index contributed by atoms with van der Waals surface area (Å²) < 4.78 is 10.4. The number of amides is 1. The first-order chi connectivity index (χ1) is 15.0. The number of phenolic OH excluding ortho intramolecular Hbond substituents is 2. The number of halogens is 1. The van der Waals surface area contributed by atoms with Gasteiger partial charge in [-0.2, -0.15) is 5.10 Å². The van der Waals surface area contributed by atoms with Gasteiger partial charge < -0.3 is 24.6 Å². The highest BCUT2D eigenvalue weighted by Gasteiger charge is 2.42. The molecule has 8 nitrogen and oxygen atoms in total. The van der Waals surface area contributed by atoms with Crippen molar-refractivity contribution in [1.82, 2.24) is 15.1 Å². The SMILES string of the molecule is COCCCN1C(=O)c2[nH]nc(-c3cc(Cl)ccc3O)c2C1c1ccc(O)c(OC)c1. The van der Waals surface area contributed by atoms with Crippen molar-refractivity contribution in [1.29, 1.82) is 0 Å². The lowest BCUT2D eigenvalue weighted by molar-refractivity contribution is 0.0723. The van der Waals surface area contributed by atoms with Gasteiger partial charge in [-0.25, -0.2) is 0 Å². The van der Waals surface area contributed by atoms with E-state index in [1.54, 1.807) is 36.3 Å². The van der Waals surface area contributed by atoms with E-state index in [0.29, 0.717) is 52.9 Å². The van der Waals surface area contributed by atoms with Crippen molar-refractivity contribution in [2.75, 3.05) is 27.4 Å². The Bertz CT molecular complexity index is 1130. The molecule has 1 unspecified atom stereocenters. The number of nitrogens with zero attached hydrogens (tertiary/aromatic N) is 2. The summed E-state index contributed by atoms with van der Waals surface area (Å²) in [5.74, 6) is 0.0990. The number of hydrogen-bond acceptors (Lipinski definition) is 6. The minimum atomic E-state index is -0.499. The van der Waals surface area contributed by atoms with Crippen molar-refractivity contribution in [2.24, 2.45) is 0 Å². The summed E-state index contributed by atoms with van der Waals surface area (Å²) in [5, 5.41) is 28.1. The predicted octanol–water partition coefficient (Wildman–Crippen LogP) is 3.73. The molecular formula is C22H22ClN3O5. The van der Waals surface area contributed by atoms with Gasteiger partial charge in [0.15, 0.2) is 11.5 Å². The molecule has 0 saturated carbocycles. The fourth-order valence-corrected chi connectivity index (χ4v) is 4.09. The lowest BCUT2D eigenvalue weighted by atomic mass is 9.95.